The first kappa shape index (κ1) is 15.7. The van der Waals surface area contributed by atoms with Gasteiger partial charge >= 0.3 is 10.3 Å². The van der Waals surface area contributed by atoms with Crippen molar-refractivity contribution in [2.45, 2.75) is 43.3 Å². The van der Waals surface area contributed by atoms with Crippen LogP contribution >= 0.6 is 0 Å². The number of carbonyl (C=O) groups excluding carboxylic acids is 2. The smallest absolute Gasteiger partial charge is 0.351 e. The molecule has 3 aliphatic heterocycles. The zero-order valence-corrected chi connectivity index (χ0v) is 12.9. The summed E-state index contributed by atoms with van der Waals surface area (Å²) in [5.41, 5.74) is -1.55. The Labute approximate surface area is 128 Å². The highest BCUT2D eigenvalue weighted by molar-refractivity contribution is 7.84. The Bertz CT molecular complexity index is 586. The molecular weight excluding hydrogens is 312 g/mol. The van der Waals surface area contributed by atoms with Gasteiger partial charge in [0.05, 0.1) is 6.04 Å². The third-order valence-corrected chi connectivity index (χ3v) is 5.58. The van der Waals surface area contributed by atoms with Crippen LogP contribution in [-0.4, -0.2) is 66.3 Å². The molecule has 0 spiro atoms. The van der Waals surface area contributed by atoms with Gasteiger partial charge in [0.2, 0.25) is 5.54 Å². The van der Waals surface area contributed by atoms with Crippen molar-refractivity contribution in [2.24, 2.45) is 0 Å². The van der Waals surface area contributed by atoms with Crippen LogP contribution in [-0.2, 0) is 19.9 Å². The summed E-state index contributed by atoms with van der Waals surface area (Å²) in [5.74, 6) is -1.39. The fourth-order valence-corrected chi connectivity index (χ4v) is 4.50. The zero-order valence-electron chi connectivity index (χ0n) is 12.0. The Balaban J connectivity index is 1.75. The van der Waals surface area contributed by atoms with Crippen LogP contribution in [0.5, 0.6) is 0 Å². The summed E-state index contributed by atoms with van der Waals surface area (Å²) in [6.45, 7) is 2.04. The van der Waals surface area contributed by atoms with Gasteiger partial charge in [-0.3, -0.25) is 19.5 Å². The van der Waals surface area contributed by atoms with Gasteiger partial charge in [0.15, 0.2) is 0 Å². The molecule has 0 aromatic carbocycles. The van der Waals surface area contributed by atoms with Crippen LogP contribution in [0, 0.1) is 0 Å². The maximum atomic E-state index is 12.6. The minimum atomic E-state index is -4.63. The predicted octanol–water partition coefficient (Wildman–Crippen LogP) is -2.01. The van der Waals surface area contributed by atoms with E-state index in [0.717, 1.165) is 32.4 Å². The van der Waals surface area contributed by atoms with Gasteiger partial charge in [-0.05, 0) is 45.3 Å². The van der Waals surface area contributed by atoms with Crippen molar-refractivity contribution in [3.05, 3.63) is 0 Å². The molecule has 0 aromatic heterocycles. The molecule has 0 aliphatic carbocycles. The Kier molecular flexibility index (Phi) is 3.87. The second kappa shape index (κ2) is 5.44. The lowest BCUT2D eigenvalue weighted by Crippen LogP contribution is -2.81. The molecule has 9 nitrogen and oxygen atoms in total. The number of amides is 2. The average molecular weight is 332 g/mol. The van der Waals surface area contributed by atoms with Crippen molar-refractivity contribution < 1.29 is 22.6 Å². The monoisotopic (exact) mass is 332 g/mol. The van der Waals surface area contributed by atoms with E-state index >= 15 is 0 Å². The van der Waals surface area contributed by atoms with E-state index in [9.17, 15) is 18.0 Å². The molecule has 3 atom stereocenters. The van der Waals surface area contributed by atoms with Crippen molar-refractivity contribution in [3.63, 3.8) is 0 Å². The van der Waals surface area contributed by atoms with Gasteiger partial charge in [0.25, 0.3) is 11.8 Å². The number of hydrogen-bond donors (Lipinski definition) is 4. The van der Waals surface area contributed by atoms with Gasteiger partial charge in [0.1, 0.15) is 0 Å². The van der Waals surface area contributed by atoms with Gasteiger partial charge in [-0.1, -0.05) is 0 Å². The summed E-state index contributed by atoms with van der Waals surface area (Å²) in [7, 11) is -4.63. The molecule has 22 heavy (non-hydrogen) atoms. The van der Waals surface area contributed by atoms with E-state index in [0.29, 0.717) is 17.3 Å². The summed E-state index contributed by atoms with van der Waals surface area (Å²) < 4.78 is 32.0. The van der Waals surface area contributed by atoms with Crippen LogP contribution in [0.3, 0.4) is 0 Å². The fourth-order valence-electron chi connectivity index (χ4n) is 3.56. The summed E-state index contributed by atoms with van der Waals surface area (Å²) in [4.78, 5) is 24.8. The molecule has 2 amide bonds. The van der Waals surface area contributed by atoms with Crippen LogP contribution in [0.4, 0.5) is 0 Å². The Hall–Kier alpha value is -1.23. The van der Waals surface area contributed by atoms with E-state index in [4.69, 9.17) is 4.55 Å². The van der Waals surface area contributed by atoms with Crippen LogP contribution in [0.15, 0.2) is 0 Å². The molecular formula is C12H20N4O5S. The van der Waals surface area contributed by atoms with Crippen LogP contribution in [0.2, 0.25) is 0 Å². The number of nitrogens with one attached hydrogen (secondary N) is 3. The maximum Gasteiger partial charge on any atom is 0.362 e. The molecule has 0 radical (unpaired) electrons. The quantitative estimate of drug-likeness (QED) is 0.267. The van der Waals surface area contributed by atoms with Gasteiger partial charge in [-0.15, -0.1) is 0 Å². The number of fused-ring (bicyclic) bond motifs is 1. The first-order valence-corrected chi connectivity index (χ1v) is 8.85. The van der Waals surface area contributed by atoms with E-state index in [1.807, 2.05) is 0 Å². The van der Waals surface area contributed by atoms with Gasteiger partial charge in [-0.25, -0.2) is 4.31 Å². The van der Waals surface area contributed by atoms with Crippen molar-refractivity contribution >= 4 is 22.1 Å². The normalized spacial score (nSPS) is 35.5. The first-order valence-electron chi connectivity index (χ1n) is 7.45. The van der Waals surface area contributed by atoms with E-state index in [1.54, 1.807) is 0 Å². The second-order valence-corrected chi connectivity index (χ2v) is 7.26. The third kappa shape index (κ3) is 2.30. The minimum Gasteiger partial charge on any atom is -0.351 e. The molecule has 3 heterocycles. The molecule has 0 aromatic rings. The standard InChI is InChI=1S/C12H20N4O5S/c17-10(15-8-2-1-5-13-6-3-8)12-9(4-7-14-12)16(11(12)18)22(19,20)21/h8-9,13-14H,1-7H2,(H,15,17)(H,19,20,21)/t8-,9+,12-/m0/s1. The topological polar surface area (TPSA) is 128 Å². The van der Waals surface area contributed by atoms with Crippen LogP contribution in [0.25, 0.3) is 0 Å². The summed E-state index contributed by atoms with van der Waals surface area (Å²) >= 11 is 0. The number of hydrogen-bond acceptors (Lipinski definition) is 6. The molecule has 0 bridgehead atoms. The molecule has 0 unspecified atom stereocenters. The van der Waals surface area contributed by atoms with Crippen molar-refractivity contribution in [2.75, 3.05) is 19.6 Å². The average Bonchev–Trinajstić information content (AvgIpc) is 2.61. The number of β-lactam (4-membered cyclic amide) rings is 1. The molecule has 10 heteroatoms. The molecule has 124 valence electrons. The van der Waals surface area contributed by atoms with Crippen LogP contribution in [0.1, 0.15) is 25.7 Å². The van der Waals surface area contributed by atoms with Gasteiger partial charge < -0.3 is 10.6 Å². The highest BCUT2D eigenvalue weighted by Gasteiger charge is 2.71. The molecule has 3 aliphatic rings. The lowest BCUT2D eigenvalue weighted by Gasteiger charge is -2.48. The molecule has 3 saturated heterocycles. The maximum absolute atomic E-state index is 12.6. The highest BCUT2D eigenvalue weighted by atomic mass is 32.2. The van der Waals surface area contributed by atoms with Crippen molar-refractivity contribution in [1.82, 2.24) is 20.3 Å². The highest BCUT2D eigenvalue weighted by Crippen LogP contribution is 2.39. The summed E-state index contributed by atoms with van der Waals surface area (Å²) in [6, 6.07) is -0.883. The molecule has 0 saturated carbocycles. The van der Waals surface area contributed by atoms with E-state index < -0.39 is 33.7 Å². The lowest BCUT2D eigenvalue weighted by molar-refractivity contribution is -0.157. The van der Waals surface area contributed by atoms with Crippen molar-refractivity contribution in [1.29, 1.82) is 0 Å². The number of rotatable bonds is 3. The van der Waals surface area contributed by atoms with Crippen molar-refractivity contribution in [3.8, 4) is 0 Å². The minimum absolute atomic E-state index is 0.0347. The summed E-state index contributed by atoms with van der Waals surface area (Å²) in [6.07, 6.45) is 2.82. The molecule has 3 rings (SSSR count). The molecule has 3 fully saturated rings. The number of carbonyl (C=O) groups is 2. The van der Waals surface area contributed by atoms with Gasteiger partial charge in [-0.2, -0.15) is 8.42 Å². The van der Waals surface area contributed by atoms with Crippen LogP contribution < -0.4 is 16.0 Å². The predicted molar refractivity (Wildman–Crippen MR) is 76.2 cm³/mol. The summed E-state index contributed by atoms with van der Waals surface area (Å²) in [5, 5.41) is 8.93. The largest absolute Gasteiger partial charge is 0.362 e. The Morgan fingerprint density at radius 2 is 2.05 bits per heavy atom. The fraction of sp³-hybridized carbons (Fsp3) is 0.833. The lowest BCUT2D eigenvalue weighted by atomic mass is 9.81. The second-order valence-electron chi connectivity index (χ2n) is 5.97. The van der Waals surface area contributed by atoms with E-state index in [-0.39, 0.29) is 6.04 Å². The van der Waals surface area contributed by atoms with Gasteiger partial charge in [0, 0.05) is 6.04 Å². The zero-order chi connectivity index (χ0) is 16.0. The number of nitrogens with zero attached hydrogens (tertiary/aromatic N) is 1. The molecule has 4 N–H and O–H groups in total. The Morgan fingerprint density at radius 3 is 2.77 bits per heavy atom. The van der Waals surface area contributed by atoms with E-state index in [1.165, 1.54) is 0 Å². The van der Waals surface area contributed by atoms with E-state index in [2.05, 4.69) is 16.0 Å². The Morgan fingerprint density at radius 1 is 1.27 bits per heavy atom. The SMILES string of the molecule is O=C(N[C@H]1CCCNCC1)[C@@]12NCC[C@H]1N(S(=O)(=O)O)C2=O. The first-order chi connectivity index (χ1) is 10.4. The third-order valence-electron chi connectivity index (χ3n) is 4.66.